The Hall–Kier alpha value is -2.49. The van der Waals surface area contributed by atoms with Gasteiger partial charge in [-0.2, -0.15) is 0 Å². The molecule has 2 fully saturated rings. The Kier molecular flexibility index (Phi) is 6.61. The van der Waals surface area contributed by atoms with Gasteiger partial charge in [-0.1, -0.05) is 60.7 Å². The lowest BCUT2D eigenvalue weighted by Crippen LogP contribution is -2.63. The zero-order chi connectivity index (χ0) is 20.9. The highest BCUT2D eigenvalue weighted by Crippen LogP contribution is 2.35. The van der Waals surface area contributed by atoms with Gasteiger partial charge in [-0.25, -0.2) is 4.79 Å². The molecule has 8 heteroatoms. The van der Waals surface area contributed by atoms with Crippen molar-refractivity contribution in [3.8, 4) is 0 Å². The van der Waals surface area contributed by atoms with E-state index >= 15 is 0 Å². The van der Waals surface area contributed by atoms with Crippen LogP contribution in [-0.4, -0.2) is 55.7 Å². The van der Waals surface area contributed by atoms with Gasteiger partial charge in [-0.05, 0) is 5.56 Å². The summed E-state index contributed by atoms with van der Waals surface area (Å²) in [5.41, 5.74) is 1.63. The molecule has 0 aromatic heterocycles. The molecule has 0 bridgehead atoms. The van der Waals surface area contributed by atoms with Crippen LogP contribution >= 0.6 is 0 Å². The molecule has 2 aromatic rings. The van der Waals surface area contributed by atoms with Gasteiger partial charge in [0.2, 0.25) is 0 Å². The normalized spacial score (nSPS) is 30.9. The fraction of sp³-hybridized carbons (Fsp3) is 0.409. The van der Waals surface area contributed by atoms with Crippen molar-refractivity contribution >= 4 is 6.16 Å². The summed E-state index contributed by atoms with van der Waals surface area (Å²) in [6.07, 6.45) is -6.21. The summed E-state index contributed by atoms with van der Waals surface area (Å²) in [6, 6.07) is 18.6. The smallest absolute Gasteiger partial charge is 0.429 e. The molecule has 2 aliphatic rings. The molecule has 2 heterocycles. The third-order valence-corrected chi connectivity index (χ3v) is 5.04. The number of fused-ring (bicyclic) bond motifs is 1. The summed E-state index contributed by atoms with van der Waals surface area (Å²) in [5.74, 6) is 0. The highest BCUT2D eigenvalue weighted by atomic mass is 16.8. The van der Waals surface area contributed by atoms with Crippen LogP contribution in [0.2, 0.25) is 0 Å². The lowest BCUT2D eigenvalue weighted by Gasteiger charge is -2.46. The van der Waals surface area contributed by atoms with Crippen molar-refractivity contribution < 1.29 is 38.3 Å². The number of benzene rings is 2. The van der Waals surface area contributed by atoms with E-state index in [0.29, 0.717) is 0 Å². The number of aliphatic hydroxyl groups excluding tert-OH is 1. The van der Waals surface area contributed by atoms with E-state index in [4.69, 9.17) is 28.4 Å². The van der Waals surface area contributed by atoms with E-state index in [0.717, 1.165) is 11.1 Å². The highest BCUT2D eigenvalue weighted by Gasteiger charge is 2.52. The molecule has 4 rings (SSSR count). The first-order valence-electron chi connectivity index (χ1n) is 9.71. The lowest BCUT2D eigenvalue weighted by atomic mass is 9.97. The first-order chi connectivity index (χ1) is 14.7. The van der Waals surface area contributed by atoms with Crippen molar-refractivity contribution in [3.05, 3.63) is 71.8 Å². The van der Waals surface area contributed by atoms with Crippen LogP contribution in [0.4, 0.5) is 4.79 Å². The molecular weight excluding hydrogens is 392 g/mol. The van der Waals surface area contributed by atoms with Crippen LogP contribution in [0.25, 0.3) is 0 Å². The Balaban J connectivity index is 1.45. The molecule has 0 aliphatic carbocycles. The van der Waals surface area contributed by atoms with Gasteiger partial charge in [0.15, 0.2) is 18.7 Å². The molecule has 2 aliphatic heterocycles. The zero-order valence-electron chi connectivity index (χ0n) is 16.5. The monoisotopic (exact) mass is 416 g/mol. The number of hydrogen-bond acceptors (Lipinski definition) is 8. The Bertz CT molecular complexity index is 814. The van der Waals surface area contributed by atoms with Gasteiger partial charge < -0.3 is 33.5 Å². The molecule has 8 nitrogen and oxygen atoms in total. The largest absolute Gasteiger partial charge is 0.509 e. The van der Waals surface area contributed by atoms with Gasteiger partial charge in [0, 0.05) is 12.7 Å². The third kappa shape index (κ3) is 4.63. The summed E-state index contributed by atoms with van der Waals surface area (Å²) in [5, 5.41) is 10.7. The molecular formula is C22H24O8. The fourth-order valence-corrected chi connectivity index (χ4v) is 3.53. The maximum absolute atomic E-state index is 12.3. The van der Waals surface area contributed by atoms with Crippen LogP contribution in [0.1, 0.15) is 17.4 Å². The Morgan fingerprint density at radius 2 is 1.77 bits per heavy atom. The van der Waals surface area contributed by atoms with Crippen LogP contribution in [0.15, 0.2) is 60.7 Å². The lowest BCUT2D eigenvalue weighted by molar-refractivity contribution is -0.358. The van der Waals surface area contributed by atoms with Gasteiger partial charge in [-0.15, -0.1) is 0 Å². The van der Waals surface area contributed by atoms with Crippen LogP contribution in [-0.2, 0) is 35.0 Å². The second kappa shape index (κ2) is 9.55. The maximum atomic E-state index is 12.3. The van der Waals surface area contributed by atoms with Gasteiger partial charge in [0.1, 0.15) is 24.9 Å². The molecule has 2 saturated heterocycles. The molecule has 1 N–H and O–H groups in total. The predicted octanol–water partition coefficient (Wildman–Crippen LogP) is 2.55. The first-order valence-corrected chi connectivity index (χ1v) is 9.71. The highest BCUT2D eigenvalue weighted by molar-refractivity contribution is 5.60. The van der Waals surface area contributed by atoms with E-state index in [1.54, 1.807) is 0 Å². The Morgan fingerprint density at radius 3 is 2.47 bits per heavy atom. The van der Waals surface area contributed by atoms with Gasteiger partial charge >= 0.3 is 6.16 Å². The molecule has 0 saturated carbocycles. The summed E-state index contributed by atoms with van der Waals surface area (Å²) in [6.45, 7) is 0.243. The van der Waals surface area contributed by atoms with Crippen LogP contribution in [0.5, 0.6) is 0 Å². The van der Waals surface area contributed by atoms with Gasteiger partial charge in [-0.3, -0.25) is 0 Å². The molecule has 0 radical (unpaired) electrons. The number of carbonyl (C=O) groups excluding carboxylic acids is 1. The SMILES string of the molecule is CO[C@@H]1O[C@@H]2CO[C@@H](c3ccccc3)O[C@H]2[C@H](OC(=O)OCc2ccccc2)[C@H]1O. The van der Waals surface area contributed by atoms with Gasteiger partial charge in [0.05, 0.1) is 6.61 Å². The number of methoxy groups -OCH3 is 1. The van der Waals surface area contributed by atoms with Crippen molar-refractivity contribution in [2.75, 3.05) is 13.7 Å². The Morgan fingerprint density at radius 1 is 1.07 bits per heavy atom. The average molecular weight is 416 g/mol. The maximum Gasteiger partial charge on any atom is 0.509 e. The topological polar surface area (TPSA) is 92.7 Å². The van der Waals surface area contributed by atoms with Crippen LogP contribution < -0.4 is 0 Å². The first kappa shape index (κ1) is 20.8. The van der Waals surface area contributed by atoms with E-state index in [9.17, 15) is 9.90 Å². The number of rotatable bonds is 5. The summed E-state index contributed by atoms with van der Waals surface area (Å²) in [7, 11) is 1.40. The number of ether oxygens (including phenoxy) is 6. The summed E-state index contributed by atoms with van der Waals surface area (Å²) >= 11 is 0. The van der Waals surface area contributed by atoms with E-state index in [1.165, 1.54) is 7.11 Å². The van der Waals surface area contributed by atoms with Gasteiger partial charge in [0.25, 0.3) is 0 Å². The molecule has 0 amide bonds. The summed E-state index contributed by atoms with van der Waals surface area (Å²) < 4.78 is 33.4. The molecule has 6 atom stereocenters. The number of aliphatic hydroxyl groups is 1. The van der Waals surface area contributed by atoms with Crippen molar-refractivity contribution in [2.24, 2.45) is 0 Å². The quantitative estimate of drug-likeness (QED) is 0.744. The van der Waals surface area contributed by atoms with Crippen molar-refractivity contribution in [1.82, 2.24) is 0 Å². The second-order valence-electron chi connectivity index (χ2n) is 7.05. The van der Waals surface area contributed by atoms with E-state index in [1.807, 2.05) is 60.7 Å². The minimum absolute atomic E-state index is 0.0530. The third-order valence-electron chi connectivity index (χ3n) is 5.04. The van der Waals surface area contributed by atoms with E-state index < -0.39 is 43.2 Å². The summed E-state index contributed by atoms with van der Waals surface area (Å²) in [4.78, 5) is 12.3. The molecule has 2 aromatic carbocycles. The van der Waals surface area contributed by atoms with Crippen molar-refractivity contribution in [2.45, 2.75) is 43.6 Å². The average Bonchev–Trinajstić information content (AvgIpc) is 2.80. The molecule has 0 spiro atoms. The standard InChI is InChI=1S/C22H24O8/c1-25-21-17(23)19(30-22(24)27-12-14-8-4-2-5-9-14)18-16(28-21)13-26-20(29-18)15-10-6-3-7-11-15/h2-11,16-21,23H,12-13H2,1H3/t16-,17-,18-,19-,20-,21-/m1/s1. The second-order valence-corrected chi connectivity index (χ2v) is 7.05. The van der Waals surface area contributed by atoms with Crippen molar-refractivity contribution in [1.29, 1.82) is 0 Å². The van der Waals surface area contributed by atoms with Crippen molar-refractivity contribution in [3.63, 3.8) is 0 Å². The predicted molar refractivity (Wildman–Crippen MR) is 103 cm³/mol. The number of carbonyl (C=O) groups is 1. The minimum Gasteiger partial charge on any atom is -0.429 e. The number of hydrogen-bond donors (Lipinski definition) is 1. The Labute approximate surface area is 174 Å². The van der Waals surface area contributed by atoms with E-state index in [-0.39, 0.29) is 13.2 Å². The fourth-order valence-electron chi connectivity index (χ4n) is 3.53. The molecule has 0 unspecified atom stereocenters. The van der Waals surface area contributed by atoms with E-state index in [2.05, 4.69) is 0 Å². The van der Waals surface area contributed by atoms with Crippen LogP contribution in [0, 0.1) is 0 Å². The zero-order valence-corrected chi connectivity index (χ0v) is 16.5. The minimum atomic E-state index is -1.25. The molecule has 160 valence electrons. The molecule has 30 heavy (non-hydrogen) atoms. The van der Waals surface area contributed by atoms with Crippen LogP contribution in [0.3, 0.4) is 0 Å².